The fourth-order valence-electron chi connectivity index (χ4n) is 1.40. The quantitative estimate of drug-likeness (QED) is 0.738. The number of rotatable bonds is 2. The van der Waals surface area contributed by atoms with Crippen molar-refractivity contribution in [3.63, 3.8) is 0 Å². The predicted molar refractivity (Wildman–Crippen MR) is 53.1 cm³/mol. The van der Waals surface area contributed by atoms with Crippen LogP contribution in [0.3, 0.4) is 0 Å². The van der Waals surface area contributed by atoms with Gasteiger partial charge in [0.25, 0.3) is 0 Å². The molecule has 3 heteroatoms. The zero-order valence-corrected chi connectivity index (χ0v) is 8.32. The molecule has 0 N–H and O–H groups in total. The van der Waals surface area contributed by atoms with Crippen molar-refractivity contribution in [1.29, 1.82) is 0 Å². The van der Waals surface area contributed by atoms with Gasteiger partial charge in [-0.1, -0.05) is 23.2 Å². The number of halogens is 2. The lowest BCUT2D eigenvalue weighted by molar-refractivity contribution is 0.540. The van der Waals surface area contributed by atoms with Crippen LogP contribution in [0.25, 0.3) is 0 Å². The summed E-state index contributed by atoms with van der Waals surface area (Å²) in [4.78, 5) is 10.7. The molecule has 1 aliphatic rings. The molecule has 0 bridgehead atoms. The first-order chi connectivity index (χ1) is 6.16. The monoisotopic (exact) mass is 213 g/mol. The molecule has 1 fully saturated rings. The molecular formula is C10H7Cl2O. The van der Waals surface area contributed by atoms with Crippen molar-refractivity contribution in [2.45, 2.75) is 18.3 Å². The fourth-order valence-corrected chi connectivity index (χ4v) is 1.93. The second-order valence-electron chi connectivity index (χ2n) is 3.34. The Morgan fingerprint density at radius 3 is 2.08 bits per heavy atom. The highest BCUT2D eigenvalue weighted by atomic mass is 35.5. The van der Waals surface area contributed by atoms with E-state index in [1.54, 1.807) is 18.2 Å². The van der Waals surface area contributed by atoms with Crippen LogP contribution in [0.2, 0.25) is 10.0 Å². The lowest BCUT2D eigenvalue weighted by Gasteiger charge is -2.07. The summed E-state index contributed by atoms with van der Waals surface area (Å²) < 4.78 is 0. The van der Waals surface area contributed by atoms with E-state index in [2.05, 4.69) is 6.29 Å². The van der Waals surface area contributed by atoms with Gasteiger partial charge in [0.15, 0.2) is 0 Å². The van der Waals surface area contributed by atoms with E-state index in [0.717, 1.165) is 18.4 Å². The van der Waals surface area contributed by atoms with E-state index < -0.39 is 5.41 Å². The van der Waals surface area contributed by atoms with Crippen molar-refractivity contribution >= 4 is 29.5 Å². The minimum Gasteiger partial charge on any atom is -0.290 e. The summed E-state index contributed by atoms with van der Waals surface area (Å²) in [7, 11) is 0. The van der Waals surface area contributed by atoms with Crippen molar-refractivity contribution in [1.82, 2.24) is 0 Å². The van der Waals surface area contributed by atoms with Gasteiger partial charge in [-0.05, 0) is 36.6 Å². The maximum absolute atomic E-state index is 10.7. The minimum atomic E-state index is -0.408. The van der Waals surface area contributed by atoms with Crippen molar-refractivity contribution in [3.8, 4) is 0 Å². The molecule has 1 aromatic carbocycles. The van der Waals surface area contributed by atoms with Crippen LogP contribution in [0.4, 0.5) is 0 Å². The summed E-state index contributed by atoms with van der Waals surface area (Å²) in [6, 6.07) is 5.23. The van der Waals surface area contributed by atoms with E-state index in [4.69, 9.17) is 23.2 Å². The second kappa shape index (κ2) is 3.00. The zero-order valence-electron chi connectivity index (χ0n) is 6.81. The zero-order chi connectivity index (χ0) is 9.47. The Bertz CT molecular complexity index is 336. The molecule has 1 nitrogen and oxygen atoms in total. The molecule has 0 unspecified atom stereocenters. The van der Waals surface area contributed by atoms with Crippen LogP contribution >= 0.6 is 23.2 Å². The molecule has 1 saturated carbocycles. The van der Waals surface area contributed by atoms with Crippen LogP contribution in [0.1, 0.15) is 18.4 Å². The number of carbonyl (C=O) groups excluding carboxylic acids is 1. The largest absolute Gasteiger partial charge is 0.290 e. The minimum absolute atomic E-state index is 0.408. The van der Waals surface area contributed by atoms with Crippen molar-refractivity contribution in [3.05, 3.63) is 33.8 Å². The summed E-state index contributed by atoms with van der Waals surface area (Å²) in [5.41, 5.74) is 0.481. The van der Waals surface area contributed by atoms with Crippen LogP contribution in [0, 0.1) is 0 Å². The fraction of sp³-hybridized carbons (Fsp3) is 0.300. The summed E-state index contributed by atoms with van der Waals surface area (Å²) >= 11 is 11.7. The SMILES string of the molecule is O=[C]C1(c2cc(Cl)cc(Cl)c2)CC1. The van der Waals surface area contributed by atoms with Crippen LogP contribution in [-0.4, -0.2) is 6.29 Å². The summed E-state index contributed by atoms with van der Waals surface area (Å²) in [5, 5.41) is 1.15. The van der Waals surface area contributed by atoms with Gasteiger partial charge < -0.3 is 0 Å². The van der Waals surface area contributed by atoms with E-state index in [1.165, 1.54) is 0 Å². The standard InChI is InChI=1S/C10H7Cl2O/c11-8-3-7(4-9(12)5-8)10(6-13)1-2-10/h3-5H,1-2H2. The van der Waals surface area contributed by atoms with E-state index in [-0.39, 0.29) is 0 Å². The molecule has 0 aromatic heterocycles. The van der Waals surface area contributed by atoms with Gasteiger partial charge in [-0.15, -0.1) is 0 Å². The smallest absolute Gasteiger partial charge is 0.209 e. The molecule has 1 radical (unpaired) electrons. The maximum atomic E-state index is 10.7. The molecule has 67 valence electrons. The molecular weight excluding hydrogens is 207 g/mol. The molecule has 1 aliphatic carbocycles. The molecule has 0 amide bonds. The molecule has 2 rings (SSSR count). The van der Waals surface area contributed by atoms with Gasteiger partial charge in [0, 0.05) is 10.0 Å². The topological polar surface area (TPSA) is 17.1 Å². The summed E-state index contributed by atoms with van der Waals surface area (Å²) in [6.07, 6.45) is 3.76. The third-order valence-electron chi connectivity index (χ3n) is 2.36. The Labute approximate surface area is 86.7 Å². The maximum Gasteiger partial charge on any atom is 0.209 e. The summed E-state index contributed by atoms with van der Waals surface area (Å²) in [5.74, 6) is 0. The lowest BCUT2D eigenvalue weighted by atomic mass is 9.98. The van der Waals surface area contributed by atoms with Crippen LogP contribution in [0.15, 0.2) is 18.2 Å². The van der Waals surface area contributed by atoms with E-state index >= 15 is 0 Å². The molecule has 0 aliphatic heterocycles. The van der Waals surface area contributed by atoms with Crippen LogP contribution in [-0.2, 0) is 10.2 Å². The molecule has 0 heterocycles. The average Bonchev–Trinajstić information content (AvgIpc) is 2.82. The van der Waals surface area contributed by atoms with Crippen molar-refractivity contribution < 1.29 is 4.79 Å². The van der Waals surface area contributed by atoms with Gasteiger partial charge in [0.05, 0.1) is 5.41 Å². The first-order valence-corrected chi connectivity index (χ1v) is 4.78. The van der Waals surface area contributed by atoms with Crippen LogP contribution in [0.5, 0.6) is 0 Å². The van der Waals surface area contributed by atoms with Crippen molar-refractivity contribution in [2.24, 2.45) is 0 Å². The van der Waals surface area contributed by atoms with E-state index in [9.17, 15) is 4.79 Å². The van der Waals surface area contributed by atoms with Gasteiger partial charge in [0.1, 0.15) is 0 Å². The average molecular weight is 214 g/mol. The Kier molecular flexibility index (Phi) is 2.09. The molecule has 1 aromatic rings. The van der Waals surface area contributed by atoms with Gasteiger partial charge in [-0.2, -0.15) is 0 Å². The third kappa shape index (κ3) is 1.59. The normalized spacial score (nSPS) is 18.3. The van der Waals surface area contributed by atoms with Gasteiger partial charge in [-0.25, -0.2) is 0 Å². The summed E-state index contributed by atoms with van der Waals surface area (Å²) in [6.45, 7) is 0. The number of hydrogen-bond acceptors (Lipinski definition) is 1. The predicted octanol–water partition coefficient (Wildman–Crippen LogP) is 3.13. The Balaban J connectivity index is 2.46. The van der Waals surface area contributed by atoms with Crippen LogP contribution < -0.4 is 0 Å². The Hall–Kier alpha value is -0.530. The van der Waals surface area contributed by atoms with E-state index in [1.807, 2.05) is 0 Å². The van der Waals surface area contributed by atoms with Gasteiger partial charge in [-0.3, -0.25) is 4.79 Å². The van der Waals surface area contributed by atoms with Gasteiger partial charge in [0.2, 0.25) is 6.29 Å². The van der Waals surface area contributed by atoms with Gasteiger partial charge >= 0.3 is 0 Å². The highest BCUT2D eigenvalue weighted by Crippen LogP contribution is 2.47. The number of hydrogen-bond donors (Lipinski definition) is 0. The van der Waals surface area contributed by atoms with E-state index in [0.29, 0.717) is 10.0 Å². The Morgan fingerprint density at radius 1 is 1.15 bits per heavy atom. The Morgan fingerprint density at radius 2 is 1.69 bits per heavy atom. The number of benzene rings is 1. The first-order valence-electron chi connectivity index (χ1n) is 4.02. The third-order valence-corrected chi connectivity index (χ3v) is 2.80. The molecule has 13 heavy (non-hydrogen) atoms. The molecule has 0 saturated heterocycles. The lowest BCUT2D eigenvalue weighted by Crippen LogP contribution is -2.07. The highest BCUT2D eigenvalue weighted by Gasteiger charge is 2.45. The molecule has 0 spiro atoms. The second-order valence-corrected chi connectivity index (χ2v) is 4.22. The van der Waals surface area contributed by atoms with Crippen molar-refractivity contribution in [2.75, 3.05) is 0 Å². The highest BCUT2D eigenvalue weighted by molar-refractivity contribution is 6.34. The molecule has 0 atom stereocenters. The first kappa shape index (κ1) is 9.04.